The lowest BCUT2D eigenvalue weighted by Gasteiger charge is -2.21. The summed E-state index contributed by atoms with van der Waals surface area (Å²) >= 11 is 0. The van der Waals surface area contributed by atoms with Gasteiger partial charge in [-0.25, -0.2) is 4.79 Å². The fourth-order valence-electron chi connectivity index (χ4n) is 1.68. The van der Waals surface area contributed by atoms with E-state index in [0.29, 0.717) is 13.0 Å². The van der Waals surface area contributed by atoms with Gasteiger partial charge in [-0.3, -0.25) is 0 Å². The number of aliphatic hydroxyl groups is 1. The summed E-state index contributed by atoms with van der Waals surface area (Å²) in [5.74, 6) is 0. The van der Waals surface area contributed by atoms with Crippen LogP contribution in [0.4, 0.5) is 4.79 Å². The van der Waals surface area contributed by atoms with Crippen LogP contribution in [0, 0.1) is 0 Å². The second-order valence-corrected chi connectivity index (χ2v) is 5.48. The second-order valence-electron chi connectivity index (χ2n) is 5.48. The Morgan fingerprint density at radius 3 is 2.67 bits per heavy atom. The van der Waals surface area contributed by atoms with E-state index in [1.54, 1.807) is 0 Å². The number of rotatable bonds is 4. The van der Waals surface area contributed by atoms with Gasteiger partial charge >= 0.3 is 6.03 Å². The lowest BCUT2D eigenvalue weighted by molar-refractivity contribution is 0.158. The summed E-state index contributed by atoms with van der Waals surface area (Å²) in [5, 5.41) is 15.5. The van der Waals surface area contributed by atoms with E-state index >= 15 is 0 Å². The van der Waals surface area contributed by atoms with Crippen molar-refractivity contribution in [2.75, 3.05) is 6.54 Å². The molecule has 3 N–H and O–H groups in total. The van der Waals surface area contributed by atoms with Crippen LogP contribution < -0.4 is 10.6 Å². The Morgan fingerprint density at radius 1 is 1.50 bits per heavy atom. The van der Waals surface area contributed by atoms with E-state index in [2.05, 4.69) is 10.6 Å². The molecule has 0 fully saturated rings. The van der Waals surface area contributed by atoms with Crippen molar-refractivity contribution in [2.45, 2.75) is 38.8 Å². The molecule has 0 aliphatic rings. The maximum atomic E-state index is 11.5. The van der Waals surface area contributed by atoms with Crippen molar-refractivity contribution in [2.24, 2.45) is 7.05 Å². The third kappa shape index (κ3) is 4.79. The highest BCUT2D eigenvalue weighted by Crippen LogP contribution is 2.15. The molecule has 1 aromatic rings. The molecule has 0 saturated heterocycles. The minimum absolute atomic E-state index is 0.207. The highest BCUT2D eigenvalue weighted by molar-refractivity contribution is 5.74. The van der Waals surface area contributed by atoms with Crippen molar-refractivity contribution in [1.29, 1.82) is 0 Å². The monoisotopic (exact) mass is 253 g/mol. The lowest BCUT2D eigenvalue weighted by atomic mass is 10.1. The number of nitrogens with one attached hydrogen (secondary N) is 2. The van der Waals surface area contributed by atoms with Crippen molar-refractivity contribution in [3.63, 3.8) is 0 Å². The number of carbonyl (C=O) groups excluding carboxylic acids is 1. The van der Waals surface area contributed by atoms with Gasteiger partial charge in [-0.2, -0.15) is 0 Å². The number of urea groups is 1. The summed E-state index contributed by atoms with van der Waals surface area (Å²) in [6, 6.07) is 3.56. The molecule has 5 nitrogen and oxygen atoms in total. The Hall–Kier alpha value is -1.49. The van der Waals surface area contributed by atoms with Gasteiger partial charge in [-0.05, 0) is 39.3 Å². The Morgan fingerprint density at radius 2 is 2.17 bits per heavy atom. The highest BCUT2D eigenvalue weighted by Gasteiger charge is 2.14. The van der Waals surface area contributed by atoms with Crippen molar-refractivity contribution in [3.8, 4) is 0 Å². The van der Waals surface area contributed by atoms with Crippen LogP contribution in [0.1, 0.15) is 39.0 Å². The van der Waals surface area contributed by atoms with Crippen molar-refractivity contribution in [3.05, 3.63) is 24.0 Å². The maximum Gasteiger partial charge on any atom is 0.315 e. The molecule has 5 heteroatoms. The van der Waals surface area contributed by atoms with Gasteiger partial charge in [-0.15, -0.1) is 0 Å². The zero-order valence-electron chi connectivity index (χ0n) is 11.5. The van der Waals surface area contributed by atoms with Gasteiger partial charge < -0.3 is 20.3 Å². The van der Waals surface area contributed by atoms with Gasteiger partial charge in [0.2, 0.25) is 0 Å². The first-order chi connectivity index (χ1) is 8.29. The van der Waals surface area contributed by atoms with Crippen LogP contribution in [0.5, 0.6) is 0 Å². The van der Waals surface area contributed by atoms with Gasteiger partial charge in [0.1, 0.15) is 0 Å². The van der Waals surface area contributed by atoms with Crippen LogP contribution in [0.2, 0.25) is 0 Å². The summed E-state index contributed by atoms with van der Waals surface area (Å²) < 4.78 is 1.87. The number of nitrogens with zero attached hydrogens (tertiary/aromatic N) is 1. The van der Waals surface area contributed by atoms with E-state index < -0.39 is 6.10 Å². The summed E-state index contributed by atoms with van der Waals surface area (Å²) in [7, 11) is 1.89. The Bertz CT molecular complexity index is 393. The SMILES string of the molecule is Cn1cccc1C(O)CCNC(=O)NC(C)(C)C. The number of hydrogen-bond donors (Lipinski definition) is 3. The van der Waals surface area contributed by atoms with Crippen molar-refractivity contribution in [1.82, 2.24) is 15.2 Å². The predicted octanol–water partition coefficient (Wildman–Crippen LogP) is 1.55. The molecule has 0 radical (unpaired) electrons. The van der Waals surface area contributed by atoms with E-state index in [0.717, 1.165) is 5.69 Å². The molecule has 1 heterocycles. The Kier molecular flexibility index (Phi) is 4.78. The minimum atomic E-state index is -0.556. The molecule has 0 saturated carbocycles. The van der Waals surface area contributed by atoms with E-state index in [-0.39, 0.29) is 11.6 Å². The van der Waals surface area contributed by atoms with Crippen LogP contribution in [-0.2, 0) is 7.05 Å². The minimum Gasteiger partial charge on any atom is -0.387 e. The van der Waals surface area contributed by atoms with E-state index in [1.165, 1.54) is 0 Å². The molecule has 1 atom stereocenters. The summed E-state index contributed by atoms with van der Waals surface area (Å²) in [6.45, 7) is 6.20. The number of aryl methyl sites for hydroxylation is 1. The fourth-order valence-corrected chi connectivity index (χ4v) is 1.68. The van der Waals surface area contributed by atoms with Crippen molar-refractivity contribution >= 4 is 6.03 Å². The molecular formula is C13H23N3O2. The lowest BCUT2D eigenvalue weighted by Crippen LogP contribution is -2.46. The van der Waals surface area contributed by atoms with Gasteiger partial charge in [0.15, 0.2) is 0 Å². The first kappa shape index (κ1) is 14.6. The number of aliphatic hydroxyl groups excluding tert-OH is 1. The van der Waals surface area contributed by atoms with Gasteiger partial charge in [0.05, 0.1) is 6.10 Å². The number of carbonyl (C=O) groups is 1. The zero-order chi connectivity index (χ0) is 13.8. The van der Waals surface area contributed by atoms with E-state index in [9.17, 15) is 9.90 Å². The van der Waals surface area contributed by atoms with Gasteiger partial charge in [0.25, 0.3) is 0 Å². The van der Waals surface area contributed by atoms with E-state index in [4.69, 9.17) is 0 Å². The molecule has 102 valence electrons. The normalized spacial score (nSPS) is 13.2. The third-order valence-electron chi connectivity index (χ3n) is 2.52. The first-order valence-electron chi connectivity index (χ1n) is 6.15. The van der Waals surface area contributed by atoms with Crippen molar-refractivity contribution < 1.29 is 9.90 Å². The first-order valence-corrected chi connectivity index (χ1v) is 6.15. The average molecular weight is 253 g/mol. The van der Waals surface area contributed by atoms with Gasteiger partial charge in [0, 0.05) is 31.0 Å². The highest BCUT2D eigenvalue weighted by atomic mass is 16.3. The van der Waals surface area contributed by atoms with Crippen LogP contribution in [-0.4, -0.2) is 27.8 Å². The predicted molar refractivity (Wildman–Crippen MR) is 71.3 cm³/mol. The van der Waals surface area contributed by atoms with Crippen LogP contribution in [0.15, 0.2) is 18.3 Å². The molecule has 0 aromatic carbocycles. The molecule has 0 aliphatic heterocycles. The molecule has 0 aliphatic carbocycles. The van der Waals surface area contributed by atoms with Crippen LogP contribution >= 0.6 is 0 Å². The molecule has 18 heavy (non-hydrogen) atoms. The Balaban J connectivity index is 2.30. The largest absolute Gasteiger partial charge is 0.387 e. The quantitative estimate of drug-likeness (QED) is 0.762. The molecular weight excluding hydrogens is 230 g/mol. The van der Waals surface area contributed by atoms with Crippen LogP contribution in [0.25, 0.3) is 0 Å². The zero-order valence-corrected chi connectivity index (χ0v) is 11.5. The summed E-state index contributed by atoms with van der Waals surface area (Å²) in [4.78, 5) is 11.5. The molecule has 2 amide bonds. The second kappa shape index (κ2) is 5.91. The molecule has 0 bridgehead atoms. The topological polar surface area (TPSA) is 66.3 Å². The maximum absolute atomic E-state index is 11.5. The summed E-state index contributed by atoms with van der Waals surface area (Å²) in [5.41, 5.74) is 0.605. The number of aromatic nitrogens is 1. The van der Waals surface area contributed by atoms with Crippen LogP contribution in [0.3, 0.4) is 0 Å². The number of hydrogen-bond acceptors (Lipinski definition) is 2. The standard InChI is InChI=1S/C13H23N3O2/c1-13(2,3)15-12(18)14-8-7-11(17)10-6-5-9-16(10)4/h5-6,9,11,17H,7-8H2,1-4H3,(H2,14,15,18). The third-order valence-corrected chi connectivity index (χ3v) is 2.52. The number of amides is 2. The molecule has 1 aromatic heterocycles. The van der Waals surface area contributed by atoms with E-state index in [1.807, 2.05) is 50.7 Å². The average Bonchev–Trinajstić information content (AvgIpc) is 2.61. The fraction of sp³-hybridized carbons (Fsp3) is 0.615. The molecule has 1 rings (SSSR count). The smallest absolute Gasteiger partial charge is 0.315 e. The summed E-state index contributed by atoms with van der Waals surface area (Å²) in [6.07, 6.45) is 1.83. The Labute approximate surface area is 108 Å². The van der Waals surface area contributed by atoms with Gasteiger partial charge in [-0.1, -0.05) is 0 Å². The molecule has 1 unspecified atom stereocenters. The molecule has 0 spiro atoms.